The molecule has 1 aliphatic heterocycles. The standard InChI is InChI=1S/C17H28N2/c1-15(2)7-5-11-18-12-14-19-13-6-9-16-8-3-4-10-17(16)19/h3-4,8,10,15,18H,5-7,9,11-14H2,1-2H3. The molecule has 0 spiro atoms. The van der Waals surface area contributed by atoms with Crippen LogP contribution >= 0.6 is 0 Å². The van der Waals surface area contributed by atoms with Crippen molar-refractivity contribution in [1.82, 2.24) is 5.32 Å². The molecule has 0 aromatic heterocycles. The molecule has 0 bridgehead atoms. The molecule has 1 N–H and O–H groups in total. The van der Waals surface area contributed by atoms with Crippen molar-refractivity contribution in [3.8, 4) is 0 Å². The van der Waals surface area contributed by atoms with Crippen molar-refractivity contribution in [2.45, 2.75) is 39.5 Å². The smallest absolute Gasteiger partial charge is 0.0399 e. The predicted molar refractivity (Wildman–Crippen MR) is 83.9 cm³/mol. The predicted octanol–water partition coefficient (Wildman–Crippen LogP) is 3.47. The molecule has 0 aliphatic carbocycles. The summed E-state index contributed by atoms with van der Waals surface area (Å²) in [6, 6.07) is 8.87. The van der Waals surface area contributed by atoms with E-state index in [-0.39, 0.29) is 0 Å². The minimum absolute atomic E-state index is 0.829. The number of fused-ring (bicyclic) bond motifs is 1. The Hall–Kier alpha value is -1.02. The van der Waals surface area contributed by atoms with Gasteiger partial charge in [0.05, 0.1) is 0 Å². The molecule has 2 rings (SSSR count). The average molecular weight is 260 g/mol. The zero-order valence-electron chi connectivity index (χ0n) is 12.5. The number of rotatable bonds is 7. The molecular formula is C17H28N2. The Morgan fingerprint density at radius 3 is 2.89 bits per heavy atom. The van der Waals surface area contributed by atoms with Crippen LogP contribution in [-0.2, 0) is 6.42 Å². The number of hydrogen-bond acceptors (Lipinski definition) is 2. The van der Waals surface area contributed by atoms with E-state index < -0.39 is 0 Å². The molecule has 2 nitrogen and oxygen atoms in total. The van der Waals surface area contributed by atoms with Crippen LogP contribution in [-0.4, -0.2) is 26.2 Å². The Labute approximate surface area is 118 Å². The van der Waals surface area contributed by atoms with Crippen LogP contribution in [0.15, 0.2) is 24.3 Å². The second-order valence-corrected chi connectivity index (χ2v) is 6.01. The zero-order valence-corrected chi connectivity index (χ0v) is 12.5. The second kappa shape index (κ2) is 7.54. The van der Waals surface area contributed by atoms with Crippen LogP contribution < -0.4 is 10.2 Å². The molecule has 1 aliphatic rings. The molecule has 0 atom stereocenters. The van der Waals surface area contributed by atoms with Crippen molar-refractivity contribution in [2.75, 3.05) is 31.1 Å². The molecule has 0 amide bonds. The van der Waals surface area contributed by atoms with Gasteiger partial charge in [0, 0.05) is 25.3 Å². The Kier molecular flexibility index (Phi) is 5.71. The van der Waals surface area contributed by atoms with E-state index in [0.717, 1.165) is 25.6 Å². The van der Waals surface area contributed by atoms with Crippen LogP contribution in [0.2, 0.25) is 0 Å². The number of para-hydroxylation sites is 1. The van der Waals surface area contributed by atoms with E-state index in [0.29, 0.717) is 0 Å². The molecule has 1 aromatic carbocycles. The van der Waals surface area contributed by atoms with Gasteiger partial charge >= 0.3 is 0 Å². The first-order chi connectivity index (χ1) is 9.27. The lowest BCUT2D eigenvalue weighted by molar-refractivity contribution is 0.526. The lowest BCUT2D eigenvalue weighted by Crippen LogP contribution is -2.36. The molecule has 2 heteroatoms. The number of benzene rings is 1. The van der Waals surface area contributed by atoms with Crippen LogP contribution in [0.4, 0.5) is 5.69 Å². The highest BCUT2D eigenvalue weighted by atomic mass is 15.1. The van der Waals surface area contributed by atoms with Gasteiger partial charge in [0.25, 0.3) is 0 Å². The summed E-state index contributed by atoms with van der Waals surface area (Å²) in [6.07, 6.45) is 5.17. The SMILES string of the molecule is CC(C)CCCNCCN1CCCc2ccccc21. The van der Waals surface area contributed by atoms with Crippen LogP contribution in [0.1, 0.15) is 38.7 Å². The lowest BCUT2D eigenvalue weighted by atomic mass is 10.0. The molecule has 0 saturated carbocycles. The summed E-state index contributed by atoms with van der Waals surface area (Å²) in [7, 11) is 0. The molecule has 0 saturated heterocycles. The summed E-state index contributed by atoms with van der Waals surface area (Å²) in [5.41, 5.74) is 2.98. The van der Waals surface area contributed by atoms with Gasteiger partial charge in [0.1, 0.15) is 0 Å². The summed E-state index contributed by atoms with van der Waals surface area (Å²) in [4.78, 5) is 2.54. The highest BCUT2D eigenvalue weighted by Gasteiger charge is 2.15. The second-order valence-electron chi connectivity index (χ2n) is 6.01. The van der Waals surface area contributed by atoms with Gasteiger partial charge in [0.2, 0.25) is 0 Å². The maximum absolute atomic E-state index is 3.58. The monoisotopic (exact) mass is 260 g/mol. The van der Waals surface area contributed by atoms with Crippen molar-refractivity contribution in [3.05, 3.63) is 29.8 Å². The van der Waals surface area contributed by atoms with Gasteiger partial charge in [-0.15, -0.1) is 0 Å². The molecule has 0 unspecified atom stereocenters. The van der Waals surface area contributed by atoms with Crippen molar-refractivity contribution in [1.29, 1.82) is 0 Å². The number of nitrogens with zero attached hydrogens (tertiary/aromatic N) is 1. The molecule has 19 heavy (non-hydrogen) atoms. The van der Waals surface area contributed by atoms with E-state index in [1.54, 1.807) is 0 Å². The number of anilines is 1. The first-order valence-corrected chi connectivity index (χ1v) is 7.81. The van der Waals surface area contributed by atoms with Gasteiger partial charge in [-0.3, -0.25) is 0 Å². The molecule has 106 valence electrons. The summed E-state index contributed by atoms with van der Waals surface area (Å²) < 4.78 is 0. The van der Waals surface area contributed by atoms with Gasteiger partial charge in [0.15, 0.2) is 0 Å². The Balaban J connectivity index is 1.70. The van der Waals surface area contributed by atoms with E-state index in [1.807, 2.05) is 0 Å². The third-order valence-corrected chi connectivity index (χ3v) is 3.90. The number of nitrogens with one attached hydrogen (secondary N) is 1. The minimum atomic E-state index is 0.829. The third-order valence-electron chi connectivity index (χ3n) is 3.90. The Bertz CT molecular complexity index is 373. The van der Waals surface area contributed by atoms with E-state index in [9.17, 15) is 0 Å². The molecule has 1 heterocycles. The van der Waals surface area contributed by atoms with Gasteiger partial charge in [-0.25, -0.2) is 0 Å². The molecule has 0 radical (unpaired) electrons. The number of hydrogen-bond donors (Lipinski definition) is 1. The van der Waals surface area contributed by atoms with E-state index in [1.165, 1.54) is 43.5 Å². The largest absolute Gasteiger partial charge is 0.370 e. The van der Waals surface area contributed by atoms with Crippen molar-refractivity contribution >= 4 is 5.69 Å². The summed E-state index contributed by atoms with van der Waals surface area (Å²) in [5.74, 6) is 0.829. The average Bonchev–Trinajstić information content (AvgIpc) is 2.42. The number of aryl methyl sites for hydroxylation is 1. The van der Waals surface area contributed by atoms with Crippen molar-refractivity contribution < 1.29 is 0 Å². The molecule has 1 aromatic rings. The zero-order chi connectivity index (χ0) is 13.5. The van der Waals surface area contributed by atoms with Gasteiger partial charge in [-0.05, 0) is 49.8 Å². The van der Waals surface area contributed by atoms with Crippen LogP contribution in [0, 0.1) is 5.92 Å². The fraction of sp³-hybridized carbons (Fsp3) is 0.647. The van der Waals surface area contributed by atoms with Gasteiger partial charge in [-0.1, -0.05) is 32.0 Å². The van der Waals surface area contributed by atoms with Crippen LogP contribution in [0.25, 0.3) is 0 Å². The van der Waals surface area contributed by atoms with E-state index in [2.05, 4.69) is 48.3 Å². The fourth-order valence-corrected chi connectivity index (χ4v) is 2.82. The highest BCUT2D eigenvalue weighted by molar-refractivity contribution is 5.55. The highest BCUT2D eigenvalue weighted by Crippen LogP contribution is 2.25. The lowest BCUT2D eigenvalue weighted by Gasteiger charge is -2.31. The molecule has 0 fully saturated rings. The fourth-order valence-electron chi connectivity index (χ4n) is 2.82. The maximum Gasteiger partial charge on any atom is 0.0399 e. The summed E-state index contributed by atoms with van der Waals surface area (Å²) >= 11 is 0. The normalized spacial score (nSPS) is 14.8. The van der Waals surface area contributed by atoms with Crippen LogP contribution in [0.5, 0.6) is 0 Å². The van der Waals surface area contributed by atoms with Gasteiger partial charge in [-0.2, -0.15) is 0 Å². The van der Waals surface area contributed by atoms with Crippen LogP contribution in [0.3, 0.4) is 0 Å². The quantitative estimate of drug-likeness (QED) is 0.755. The topological polar surface area (TPSA) is 15.3 Å². The molecular weight excluding hydrogens is 232 g/mol. The maximum atomic E-state index is 3.58. The minimum Gasteiger partial charge on any atom is -0.370 e. The Morgan fingerprint density at radius 2 is 2.05 bits per heavy atom. The van der Waals surface area contributed by atoms with E-state index in [4.69, 9.17) is 0 Å². The van der Waals surface area contributed by atoms with E-state index >= 15 is 0 Å². The van der Waals surface area contributed by atoms with Crippen molar-refractivity contribution in [2.24, 2.45) is 5.92 Å². The third kappa shape index (κ3) is 4.54. The first kappa shape index (κ1) is 14.4. The first-order valence-electron chi connectivity index (χ1n) is 7.81. The summed E-state index contributed by atoms with van der Waals surface area (Å²) in [5, 5.41) is 3.58. The Morgan fingerprint density at radius 1 is 1.21 bits per heavy atom. The summed E-state index contributed by atoms with van der Waals surface area (Å²) in [6.45, 7) is 9.21. The van der Waals surface area contributed by atoms with Gasteiger partial charge < -0.3 is 10.2 Å². The van der Waals surface area contributed by atoms with Crippen molar-refractivity contribution in [3.63, 3.8) is 0 Å².